The molecule has 0 bridgehead atoms. The van der Waals surface area contributed by atoms with E-state index >= 15 is 0 Å². The maximum atomic E-state index is 12.8. The van der Waals surface area contributed by atoms with Crippen molar-refractivity contribution in [1.82, 2.24) is 5.32 Å². The molecule has 4 rings (SSSR count). The Morgan fingerprint density at radius 3 is 1.94 bits per heavy atom. The average molecular weight is 467 g/mol. The number of nitrogens with one attached hydrogen (secondary N) is 2. The topological polar surface area (TPSA) is 76.7 Å². The lowest BCUT2D eigenvalue weighted by Gasteiger charge is -2.11. The maximum Gasteiger partial charge on any atom is 0.255 e. The van der Waals surface area contributed by atoms with Crippen LogP contribution in [0.2, 0.25) is 0 Å². The number of anilines is 1. The van der Waals surface area contributed by atoms with Gasteiger partial charge in [-0.15, -0.1) is 0 Å². The fraction of sp³-hybridized carbons (Fsp3) is 0.103. The molecule has 0 aromatic heterocycles. The van der Waals surface area contributed by atoms with Crippen LogP contribution < -0.4 is 20.1 Å². The number of para-hydroxylation sites is 1. The minimum atomic E-state index is -0.294. The molecule has 35 heavy (non-hydrogen) atoms. The van der Waals surface area contributed by atoms with Crippen LogP contribution in [-0.2, 0) is 6.54 Å². The van der Waals surface area contributed by atoms with Crippen LogP contribution in [0.5, 0.6) is 11.5 Å². The fourth-order valence-corrected chi connectivity index (χ4v) is 3.38. The molecule has 2 amide bonds. The van der Waals surface area contributed by atoms with Gasteiger partial charge in [0.2, 0.25) is 0 Å². The van der Waals surface area contributed by atoms with E-state index in [4.69, 9.17) is 9.47 Å². The lowest BCUT2D eigenvalue weighted by molar-refractivity contribution is 0.0949. The molecule has 176 valence electrons. The summed E-state index contributed by atoms with van der Waals surface area (Å²) in [5, 5.41) is 5.74. The average Bonchev–Trinajstić information content (AvgIpc) is 2.91. The number of hydrogen-bond acceptors (Lipinski definition) is 4. The van der Waals surface area contributed by atoms with Gasteiger partial charge in [-0.25, -0.2) is 0 Å². The molecule has 4 aromatic rings. The number of ether oxygens (including phenoxy) is 2. The van der Waals surface area contributed by atoms with Crippen LogP contribution in [0.25, 0.3) is 0 Å². The summed E-state index contributed by atoms with van der Waals surface area (Å²) in [6.07, 6.45) is 0. The van der Waals surface area contributed by atoms with Gasteiger partial charge in [0.15, 0.2) is 0 Å². The monoisotopic (exact) mass is 466 g/mol. The Hall–Kier alpha value is -4.58. The molecule has 0 radical (unpaired) electrons. The van der Waals surface area contributed by atoms with Crippen molar-refractivity contribution in [3.8, 4) is 11.5 Å². The van der Waals surface area contributed by atoms with E-state index in [2.05, 4.69) is 10.6 Å². The molecule has 0 spiro atoms. The molecule has 0 aliphatic carbocycles. The zero-order chi connectivity index (χ0) is 24.3. The van der Waals surface area contributed by atoms with Crippen LogP contribution in [-0.4, -0.2) is 25.0 Å². The molecule has 6 nitrogen and oxygen atoms in total. The normalized spacial score (nSPS) is 10.3. The molecule has 0 unspecified atom stereocenters. The minimum absolute atomic E-state index is 0.210. The third-order valence-electron chi connectivity index (χ3n) is 5.14. The van der Waals surface area contributed by atoms with Crippen LogP contribution in [0.4, 0.5) is 5.69 Å². The Morgan fingerprint density at radius 1 is 0.600 bits per heavy atom. The zero-order valence-electron chi connectivity index (χ0n) is 19.1. The van der Waals surface area contributed by atoms with Crippen molar-refractivity contribution in [1.29, 1.82) is 0 Å². The zero-order valence-corrected chi connectivity index (χ0v) is 19.1. The number of carbonyl (C=O) groups excluding carboxylic acids is 2. The highest BCUT2D eigenvalue weighted by molar-refractivity contribution is 6.05. The predicted octanol–water partition coefficient (Wildman–Crippen LogP) is 5.33. The van der Waals surface area contributed by atoms with Gasteiger partial charge in [-0.3, -0.25) is 9.59 Å². The highest BCUT2D eigenvalue weighted by Gasteiger charge is 2.10. The van der Waals surface area contributed by atoms with Gasteiger partial charge in [0, 0.05) is 23.4 Å². The lowest BCUT2D eigenvalue weighted by atomic mass is 10.1. The van der Waals surface area contributed by atoms with Gasteiger partial charge >= 0.3 is 0 Å². The van der Waals surface area contributed by atoms with Crippen LogP contribution in [0.15, 0.2) is 109 Å². The second-order valence-corrected chi connectivity index (χ2v) is 7.74. The SMILES string of the molecule is O=C(NCc1ccccc1)c1cccc(NC(=O)c2cccc(OCCOc3ccccc3)c2)c1. The summed E-state index contributed by atoms with van der Waals surface area (Å²) in [6, 6.07) is 33.0. The van der Waals surface area contributed by atoms with E-state index in [1.165, 1.54) is 0 Å². The molecule has 0 saturated heterocycles. The molecule has 0 aliphatic heterocycles. The first-order chi connectivity index (χ1) is 17.2. The fourth-order valence-electron chi connectivity index (χ4n) is 3.38. The van der Waals surface area contributed by atoms with Crippen molar-refractivity contribution in [2.24, 2.45) is 0 Å². The minimum Gasteiger partial charge on any atom is -0.490 e. The molecular formula is C29H26N2O4. The van der Waals surface area contributed by atoms with E-state index in [1.54, 1.807) is 48.5 Å². The van der Waals surface area contributed by atoms with E-state index < -0.39 is 0 Å². The van der Waals surface area contributed by atoms with Gasteiger partial charge in [-0.1, -0.05) is 60.7 Å². The Labute approximate surface area is 204 Å². The standard InChI is InChI=1S/C29H26N2O4/c32-28(30-21-22-9-3-1-4-10-22)23-11-7-13-25(19-23)31-29(33)24-12-8-16-27(20-24)35-18-17-34-26-14-5-2-6-15-26/h1-16,19-20H,17-18,21H2,(H,30,32)(H,31,33). The van der Waals surface area contributed by atoms with E-state index in [9.17, 15) is 9.59 Å². The highest BCUT2D eigenvalue weighted by Crippen LogP contribution is 2.17. The molecule has 0 atom stereocenters. The van der Waals surface area contributed by atoms with Crippen molar-refractivity contribution in [2.75, 3.05) is 18.5 Å². The van der Waals surface area contributed by atoms with Gasteiger partial charge in [0.25, 0.3) is 11.8 Å². The largest absolute Gasteiger partial charge is 0.490 e. The summed E-state index contributed by atoms with van der Waals surface area (Å²) in [6.45, 7) is 1.17. The Bertz CT molecular complexity index is 1260. The summed E-state index contributed by atoms with van der Waals surface area (Å²) in [5.41, 5.74) is 2.46. The van der Waals surface area contributed by atoms with Gasteiger partial charge in [0.1, 0.15) is 24.7 Å². The van der Waals surface area contributed by atoms with E-state index in [0.29, 0.717) is 42.3 Å². The first-order valence-electron chi connectivity index (χ1n) is 11.3. The first-order valence-corrected chi connectivity index (χ1v) is 11.3. The highest BCUT2D eigenvalue weighted by atomic mass is 16.5. The van der Waals surface area contributed by atoms with Gasteiger partial charge in [0.05, 0.1) is 0 Å². The van der Waals surface area contributed by atoms with Crippen molar-refractivity contribution < 1.29 is 19.1 Å². The molecule has 0 saturated carbocycles. The number of benzene rings is 4. The van der Waals surface area contributed by atoms with Crippen molar-refractivity contribution in [3.05, 3.63) is 126 Å². The van der Waals surface area contributed by atoms with Crippen LogP contribution in [0, 0.1) is 0 Å². The van der Waals surface area contributed by atoms with Gasteiger partial charge in [-0.05, 0) is 54.1 Å². The van der Waals surface area contributed by atoms with E-state index in [1.807, 2.05) is 60.7 Å². The molecule has 6 heteroatoms. The molecule has 2 N–H and O–H groups in total. The molecular weight excluding hydrogens is 440 g/mol. The number of amides is 2. The smallest absolute Gasteiger partial charge is 0.255 e. The second kappa shape index (κ2) is 12.0. The summed E-state index contributed by atoms with van der Waals surface area (Å²) in [7, 11) is 0. The summed E-state index contributed by atoms with van der Waals surface area (Å²) >= 11 is 0. The summed E-state index contributed by atoms with van der Waals surface area (Å²) in [5.74, 6) is 0.847. The van der Waals surface area contributed by atoms with Gasteiger partial charge in [-0.2, -0.15) is 0 Å². The Balaban J connectivity index is 1.30. The second-order valence-electron chi connectivity index (χ2n) is 7.74. The number of hydrogen-bond donors (Lipinski definition) is 2. The maximum absolute atomic E-state index is 12.8. The van der Waals surface area contributed by atoms with Crippen LogP contribution in [0.1, 0.15) is 26.3 Å². The van der Waals surface area contributed by atoms with Crippen LogP contribution >= 0.6 is 0 Å². The van der Waals surface area contributed by atoms with E-state index in [0.717, 1.165) is 11.3 Å². The number of carbonyl (C=O) groups is 2. The first kappa shape index (κ1) is 23.6. The number of rotatable bonds is 10. The predicted molar refractivity (Wildman–Crippen MR) is 136 cm³/mol. The molecule has 0 fully saturated rings. The van der Waals surface area contributed by atoms with E-state index in [-0.39, 0.29) is 11.8 Å². The third-order valence-corrected chi connectivity index (χ3v) is 5.14. The lowest BCUT2D eigenvalue weighted by Crippen LogP contribution is -2.23. The van der Waals surface area contributed by atoms with Crippen molar-refractivity contribution in [3.63, 3.8) is 0 Å². The molecule has 0 heterocycles. The summed E-state index contributed by atoms with van der Waals surface area (Å²) in [4.78, 5) is 25.3. The molecule has 4 aromatic carbocycles. The Kier molecular flexibility index (Phi) is 8.11. The molecule has 0 aliphatic rings. The quantitative estimate of drug-likeness (QED) is 0.310. The van der Waals surface area contributed by atoms with Crippen LogP contribution in [0.3, 0.4) is 0 Å². The van der Waals surface area contributed by atoms with Crippen molar-refractivity contribution >= 4 is 17.5 Å². The summed E-state index contributed by atoms with van der Waals surface area (Å²) < 4.78 is 11.3. The Morgan fingerprint density at radius 2 is 1.20 bits per heavy atom. The van der Waals surface area contributed by atoms with Gasteiger partial charge < -0.3 is 20.1 Å². The third kappa shape index (κ3) is 7.20. The van der Waals surface area contributed by atoms with Crippen molar-refractivity contribution in [2.45, 2.75) is 6.54 Å².